The quantitative estimate of drug-likeness (QED) is 0.110. The number of nitrogens with zero attached hydrogens (tertiary/aromatic N) is 1. The standard InChI is InChI=1S/C25H51NS2/c1-4-7-9-10-11-12-13-14-15-16-17-18-19-20-22-26(25(27)28)23-24(6-3)21-8-5-2/h24H,4-23H2,1-3H3,(H,27,28). The second-order valence-corrected chi connectivity index (χ2v) is 9.85. The first-order valence-corrected chi connectivity index (χ1v) is 13.5. The van der Waals surface area contributed by atoms with E-state index in [1.807, 2.05) is 0 Å². The molecular weight excluding hydrogens is 378 g/mol. The average molecular weight is 430 g/mol. The summed E-state index contributed by atoms with van der Waals surface area (Å²) in [5.41, 5.74) is 0. The van der Waals surface area contributed by atoms with E-state index < -0.39 is 0 Å². The molecule has 1 atom stereocenters. The van der Waals surface area contributed by atoms with Crippen LogP contribution in [-0.4, -0.2) is 22.3 Å². The molecule has 0 radical (unpaired) electrons. The monoisotopic (exact) mass is 429 g/mol. The number of unbranched alkanes of at least 4 members (excludes halogenated alkanes) is 14. The van der Waals surface area contributed by atoms with Crippen LogP contribution in [0.25, 0.3) is 0 Å². The summed E-state index contributed by atoms with van der Waals surface area (Å²) in [6.07, 6.45) is 25.0. The van der Waals surface area contributed by atoms with Crippen LogP contribution in [-0.2, 0) is 0 Å². The van der Waals surface area contributed by atoms with Crippen molar-refractivity contribution in [3.63, 3.8) is 0 Å². The largest absolute Gasteiger partial charge is 0.357 e. The molecule has 0 aliphatic carbocycles. The van der Waals surface area contributed by atoms with Crippen LogP contribution in [0.3, 0.4) is 0 Å². The molecule has 28 heavy (non-hydrogen) atoms. The van der Waals surface area contributed by atoms with Crippen LogP contribution in [0, 0.1) is 5.92 Å². The van der Waals surface area contributed by atoms with Gasteiger partial charge in [0.05, 0.1) is 0 Å². The fourth-order valence-electron chi connectivity index (χ4n) is 3.99. The molecule has 0 aromatic rings. The van der Waals surface area contributed by atoms with Gasteiger partial charge < -0.3 is 4.90 Å². The predicted molar refractivity (Wildman–Crippen MR) is 137 cm³/mol. The number of rotatable bonds is 21. The summed E-state index contributed by atoms with van der Waals surface area (Å²) >= 11 is 9.86. The minimum absolute atomic E-state index is 0.775. The minimum Gasteiger partial charge on any atom is -0.357 e. The molecule has 0 heterocycles. The van der Waals surface area contributed by atoms with Crippen LogP contribution >= 0.6 is 24.8 Å². The van der Waals surface area contributed by atoms with Crippen LogP contribution < -0.4 is 0 Å². The lowest BCUT2D eigenvalue weighted by atomic mass is 9.99. The lowest BCUT2D eigenvalue weighted by molar-refractivity contribution is 0.313. The van der Waals surface area contributed by atoms with Crippen molar-refractivity contribution in [2.24, 2.45) is 5.92 Å². The van der Waals surface area contributed by atoms with E-state index in [1.54, 1.807) is 0 Å². The van der Waals surface area contributed by atoms with Gasteiger partial charge in [0, 0.05) is 13.1 Å². The highest BCUT2D eigenvalue weighted by atomic mass is 32.1. The maximum atomic E-state index is 5.39. The number of hydrogen-bond acceptors (Lipinski definition) is 1. The molecule has 0 saturated heterocycles. The highest BCUT2D eigenvalue weighted by molar-refractivity contribution is 8.10. The second kappa shape index (κ2) is 21.9. The zero-order valence-corrected chi connectivity index (χ0v) is 21.2. The van der Waals surface area contributed by atoms with Gasteiger partial charge in [-0.3, -0.25) is 0 Å². The molecule has 3 heteroatoms. The second-order valence-electron chi connectivity index (χ2n) is 8.74. The molecule has 0 fully saturated rings. The molecule has 0 amide bonds. The van der Waals surface area contributed by atoms with Gasteiger partial charge in [-0.1, -0.05) is 136 Å². The average Bonchev–Trinajstić information content (AvgIpc) is 2.69. The van der Waals surface area contributed by atoms with E-state index in [0.29, 0.717) is 0 Å². The summed E-state index contributed by atoms with van der Waals surface area (Å²) in [7, 11) is 0. The van der Waals surface area contributed by atoms with Gasteiger partial charge in [-0.2, -0.15) is 0 Å². The summed E-state index contributed by atoms with van der Waals surface area (Å²) in [6, 6.07) is 0. The first-order valence-electron chi connectivity index (χ1n) is 12.6. The third-order valence-electron chi connectivity index (χ3n) is 6.07. The van der Waals surface area contributed by atoms with Gasteiger partial charge in [-0.25, -0.2) is 0 Å². The van der Waals surface area contributed by atoms with Gasteiger partial charge >= 0.3 is 0 Å². The highest BCUT2D eigenvalue weighted by Gasteiger charge is 2.13. The first kappa shape index (κ1) is 28.2. The molecule has 1 nitrogen and oxygen atoms in total. The summed E-state index contributed by atoms with van der Waals surface area (Å²) in [5.74, 6) is 0.775. The van der Waals surface area contributed by atoms with Gasteiger partial charge in [-0.05, 0) is 18.8 Å². The highest BCUT2D eigenvalue weighted by Crippen LogP contribution is 2.17. The zero-order valence-electron chi connectivity index (χ0n) is 19.5. The van der Waals surface area contributed by atoms with E-state index in [9.17, 15) is 0 Å². The molecule has 0 N–H and O–H groups in total. The molecule has 0 aromatic carbocycles. The molecule has 0 bridgehead atoms. The number of thiocarbonyl (C=S) groups is 1. The molecule has 0 aliphatic rings. The van der Waals surface area contributed by atoms with Crippen molar-refractivity contribution in [1.82, 2.24) is 4.90 Å². The van der Waals surface area contributed by atoms with Crippen LogP contribution in [0.1, 0.15) is 136 Å². The first-order chi connectivity index (χ1) is 13.7. The fourth-order valence-corrected chi connectivity index (χ4v) is 4.34. The Morgan fingerprint density at radius 1 is 0.679 bits per heavy atom. The third kappa shape index (κ3) is 18.3. The Labute approximate surface area is 189 Å². The normalized spacial score (nSPS) is 12.3. The van der Waals surface area contributed by atoms with Crippen molar-refractivity contribution in [3.05, 3.63) is 0 Å². The van der Waals surface area contributed by atoms with E-state index in [-0.39, 0.29) is 0 Å². The SMILES string of the molecule is CCCCCCCCCCCCCCCCN(CC(CC)CCCC)C(=S)S. The van der Waals surface area contributed by atoms with E-state index in [2.05, 4.69) is 38.3 Å². The van der Waals surface area contributed by atoms with Crippen molar-refractivity contribution in [2.75, 3.05) is 13.1 Å². The smallest absolute Gasteiger partial charge is 0.133 e. The van der Waals surface area contributed by atoms with Crippen LogP contribution in [0.5, 0.6) is 0 Å². The van der Waals surface area contributed by atoms with E-state index in [0.717, 1.165) is 23.3 Å². The molecule has 0 spiro atoms. The molecule has 0 saturated carbocycles. The van der Waals surface area contributed by atoms with E-state index in [4.69, 9.17) is 12.2 Å². The van der Waals surface area contributed by atoms with Crippen LogP contribution in [0.15, 0.2) is 0 Å². The topological polar surface area (TPSA) is 3.24 Å². The Morgan fingerprint density at radius 3 is 1.50 bits per heavy atom. The Kier molecular flexibility index (Phi) is 22.1. The zero-order chi connectivity index (χ0) is 20.9. The molecule has 1 unspecified atom stereocenters. The maximum absolute atomic E-state index is 5.39. The summed E-state index contributed by atoms with van der Waals surface area (Å²) in [5, 5.41) is 0. The summed E-state index contributed by atoms with van der Waals surface area (Å²) < 4.78 is 0.796. The van der Waals surface area contributed by atoms with Crippen molar-refractivity contribution >= 4 is 29.2 Å². The van der Waals surface area contributed by atoms with Crippen molar-refractivity contribution in [3.8, 4) is 0 Å². The van der Waals surface area contributed by atoms with Gasteiger partial charge in [-0.15, -0.1) is 12.6 Å². The van der Waals surface area contributed by atoms with Gasteiger partial charge in [0.2, 0.25) is 0 Å². The van der Waals surface area contributed by atoms with E-state index >= 15 is 0 Å². The van der Waals surface area contributed by atoms with Crippen LogP contribution in [0.2, 0.25) is 0 Å². The van der Waals surface area contributed by atoms with Crippen LogP contribution in [0.4, 0.5) is 0 Å². The van der Waals surface area contributed by atoms with Gasteiger partial charge in [0.25, 0.3) is 0 Å². The van der Waals surface area contributed by atoms with Crippen molar-refractivity contribution in [2.45, 2.75) is 136 Å². The summed E-state index contributed by atoms with van der Waals surface area (Å²) in [4.78, 5) is 2.35. The predicted octanol–water partition coefficient (Wildman–Crippen LogP) is 9.20. The minimum atomic E-state index is 0.775. The fraction of sp³-hybridized carbons (Fsp3) is 0.960. The van der Waals surface area contributed by atoms with E-state index in [1.165, 1.54) is 116 Å². The molecular formula is C25H51NS2. The molecule has 0 aromatic heterocycles. The third-order valence-corrected chi connectivity index (χ3v) is 6.62. The lowest BCUT2D eigenvalue weighted by Gasteiger charge is -2.27. The molecule has 0 aliphatic heterocycles. The van der Waals surface area contributed by atoms with Gasteiger partial charge in [0.1, 0.15) is 4.32 Å². The van der Waals surface area contributed by atoms with Crippen molar-refractivity contribution in [1.29, 1.82) is 0 Å². The lowest BCUT2D eigenvalue weighted by Crippen LogP contribution is -2.32. The van der Waals surface area contributed by atoms with Crippen molar-refractivity contribution < 1.29 is 0 Å². The molecule has 0 rings (SSSR count). The number of hydrogen-bond donors (Lipinski definition) is 1. The number of thiol groups is 1. The Hall–Kier alpha value is 0.240. The Balaban J connectivity index is 3.56. The Morgan fingerprint density at radius 2 is 1.11 bits per heavy atom. The maximum Gasteiger partial charge on any atom is 0.133 e. The molecule has 168 valence electrons. The Bertz CT molecular complexity index is 333. The van der Waals surface area contributed by atoms with Gasteiger partial charge in [0.15, 0.2) is 0 Å². The summed E-state index contributed by atoms with van der Waals surface area (Å²) in [6.45, 7) is 9.09.